The van der Waals surface area contributed by atoms with Crippen molar-refractivity contribution in [1.29, 1.82) is 0 Å². The zero-order valence-electron chi connectivity index (χ0n) is 14.0. The van der Waals surface area contributed by atoms with Crippen molar-refractivity contribution < 1.29 is 9.53 Å². The number of thiophene rings is 1. The summed E-state index contributed by atoms with van der Waals surface area (Å²) in [4.78, 5) is 15.9. The van der Waals surface area contributed by atoms with E-state index < -0.39 is 0 Å². The lowest BCUT2D eigenvalue weighted by Crippen LogP contribution is -2.37. The lowest BCUT2D eigenvalue weighted by molar-refractivity contribution is -0.117. The normalized spacial score (nSPS) is 17.3. The molecule has 1 aliphatic heterocycles. The maximum absolute atomic E-state index is 12.4. The zero-order valence-corrected chi connectivity index (χ0v) is 14.8. The molecule has 1 N–H and O–H groups in total. The minimum atomic E-state index is 0.0217. The zero-order chi connectivity index (χ0) is 16.8. The Balaban J connectivity index is 1.58. The molecule has 1 aromatic heterocycles. The van der Waals surface area contributed by atoms with Gasteiger partial charge in [-0.3, -0.25) is 9.69 Å². The molecule has 1 saturated heterocycles. The Kier molecular flexibility index (Phi) is 6.01. The topological polar surface area (TPSA) is 41.6 Å². The van der Waals surface area contributed by atoms with Gasteiger partial charge >= 0.3 is 0 Å². The van der Waals surface area contributed by atoms with Crippen LogP contribution in [0.25, 0.3) is 0 Å². The molecule has 128 valence electrons. The van der Waals surface area contributed by atoms with Crippen molar-refractivity contribution in [3.8, 4) is 0 Å². The fraction of sp³-hybridized carbons (Fsp3) is 0.421. The predicted octanol–water partition coefficient (Wildman–Crippen LogP) is 3.68. The number of benzene rings is 1. The smallest absolute Gasteiger partial charge is 0.238 e. The van der Waals surface area contributed by atoms with E-state index in [1.165, 1.54) is 10.4 Å². The summed E-state index contributed by atoms with van der Waals surface area (Å²) in [5.41, 5.74) is 2.03. The molecule has 2 aromatic rings. The minimum Gasteiger partial charge on any atom is -0.377 e. The number of nitrogens with zero attached hydrogens (tertiary/aromatic N) is 1. The first-order chi connectivity index (χ1) is 11.7. The van der Waals surface area contributed by atoms with Gasteiger partial charge in [-0.05, 0) is 43.3 Å². The number of hydrogen-bond acceptors (Lipinski definition) is 4. The number of rotatable bonds is 7. The number of aryl methyl sites for hydroxylation is 1. The third-order valence-electron chi connectivity index (χ3n) is 4.15. The van der Waals surface area contributed by atoms with E-state index in [1.807, 2.05) is 31.2 Å². The highest BCUT2D eigenvalue weighted by molar-refractivity contribution is 7.09. The Bertz CT molecular complexity index is 634. The van der Waals surface area contributed by atoms with E-state index in [0.29, 0.717) is 6.54 Å². The van der Waals surface area contributed by atoms with Gasteiger partial charge in [0, 0.05) is 30.3 Å². The van der Waals surface area contributed by atoms with Crippen LogP contribution in [-0.2, 0) is 16.1 Å². The minimum absolute atomic E-state index is 0.0217. The SMILES string of the molecule is Cc1ccc(NC(=O)CN(Cc2cccs2)C[C@@H]2CCCO2)cc1. The van der Waals surface area contributed by atoms with E-state index in [9.17, 15) is 4.79 Å². The quantitative estimate of drug-likeness (QED) is 0.833. The van der Waals surface area contributed by atoms with E-state index >= 15 is 0 Å². The van der Waals surface area contributed by atoms with Crippen LogP contribution in [0.3, 0.4) is 0 Å². The third-order valence-corrected chi connectivity index (χ3v) is 5.01. The van der Waals surface area contributed by atoms with Gasteiger partial charge in [0.15, 0.2) is 0 Å². The van der Waals surface area contributed by atoms with Crippen LogP contribution in [0.1, 0.15) is 23.3 Å². The average Bonchev–Trinajstić information content (AvgIpc) is 3.23. The molecule has 1 aliphatic rings. The second-order valence-corrected chi connectivity index (χ2v) is 7.33. The van der Waals surface area contributed by atoms with Crippen molar-refractivity contribution in [2.75, 3.05) is 25.0 Å². The standard InChI is InChI=1S/C19H24N2O2S/c1-15-6-8-16(9-7-15)20-19(22)14-21(12-17-4-2-10-23-17)13-18-5-3-11-24-18/h3,5-9,11,17H,2,4,10,12-14H2,1H3,(H,20,22)/t17-/m0/s1. The van der Waals surface area contributed by atoms with Crippen LogP contribution in [0.5, 0.6) is 0 Å². The van der Waals surface area contributed by atoms with Crippen LogP contribution in [0.15, 0.2) is 41.8 Å². The maximum Gasteiger partial charge on any atom is 0.238 e. The Morgan fingerprint density at radius 1 is 1.33 bits per heavy atom. The molecule has 2 heterocycles. The highest BCUT2D eigenvalue weighted by atomic mass is 32.1. The molecule has 0 radical (unpaired) electrons. The number of amides is 1. The van der Waals surface area contributed by atoms with Crippen LogP contribution in [-0.4, -0.2) is 36.6 Å². The summed E-state index contributed by atoms with van der Waals surface area (Å²) >= 11 is 1.73. The van der Waals surface area contributed by atoms with E-state index in [2.05, 4.69) is 27.7 Å². The number of carbonyl (C=O) groups excluding carboxylic acids is 1. The van der Waals surface area contributed by atoms with E-state index in [0.717, 1.165) is 38.2 Å². The molecule has 0 unspecified atom stereocenters. The molecular formula is C19H24N2O2S. The average molecular weight is 344 g/mol. The van der Waals surface area contributed by atoms with Gasteiger partial charge in [-0.15, -0.1) is 11.3 Å². The van der Waals surface area contributed by atoms with Gasteiger partial charge < -0.3 is 10.1 Å². The van der Waals surface area contributed by atoms with Gasteiger partial charge in [0.2, 0.25) is 5.91 Å². The van der Waals surface area contributed by atoms with E-state index in [-0.39, 0.29) is 12.0 Å². The van der Waals surface area contributed by atoms with Crippen molar-refractivity contribution >= 4 is 22.9 Å². The Labute approximate surface area is 147 Å². The summed E-state index contributed by atoms with van der Waals surface area (Å²) in [5.74, 6) is 0.0217. The summed E-state index contributed by atoms with van der Waals surface area (Å²) in [5, 5.41) is 5.06. The van der Waals surface area contributed by atoms with Crippen molar-refractivity contribution in [2.24, 2.45) is 0 Å². The number of ether oxygens (including phenoxy) is 1. The largest absolute Gasteiger partial charge is 0.377 e. The van der Waals surface area contributed by atoms with E-state index in [1.54, 1.807) is 11.3 Å². The first kappa shape index (κ1) is 17.1. The number of hydrogen-bond donors (Lipinski definition) is 1. The second-order valence-electron chi connectivity index (χ2n) is 6.30. The molecule has 0 bridgehead atoms. The second kappa shape index (κ2) is 8.42. The van der Waals surface area contributed by atoms with Crippen molar-refractivity contribution in [1.82, 2.24) is 4.90 Å². The molecule has 1 amide bonds. The Hall–Kier alpha value is -1.69. The fourth-order valence-electron chi connectivity index (χ4n) is 2.92. The maximum atomic E-state index is 12.4. The van der Waals surface area contributed by atoms with Gasteiger partial charge in [0.25, 0.3) is 0 Å². The molecule has 24 heavy (non-hydrogen) atoms. The first-order valence-electron chi connectivity index (χ1n) is 8.42. The summed E-state index contributed by atoms with van der Waals surface area (Å²) in [6, 6.07) is 12.1. The monoisotopic (exact) mass is 344 g/mol. The lowest BCUT2D eigenvalue weighted by atomic mass is 10.2. The Morgan fingerprint density at radius 3 is 2.83 bits per heavy atom. The summed E-state index contributed by atoms with van der Waals surface area (Å²) in [6.07, 6.45) is 2.45. The number of anilines is 1. The molecule has 1 fully saturated rings. The molecule has 5 heteroatoms. The third kappa shape index (κ3) is 5.16. The highest BCUT2D eigenvalue weighted by Gasteiger charge is 2.21. The molecule has 0 saturated carbocycles. The van der Waals surface area contributed by atoms with Crippen molar-refractivity contribution in [2.45, 2.75) is 32.4 Å². The van der Waals surface area contributed by atoms with Crippen molar-refractivity contribution in [3.63, 3.8) is 0 Å². The molecule has 0 spiro atoms. The predicted molar refractivity (Wildman–Crippen MR) is 98.4 cm³/mol. The van der Waals surface area contributed by atoms with Gasteiger partial charge in [0.05, 0.1) is 12.6 Å². The summed E-state index contributed by atoms with van der Waals surface area (Å²) in [6.45, 7) is 4.85. The van der Waals surface area contributed by atoms with Crippen LogP contribution >= 0.6 is 11.3 Å². The van der Waals surface area contributed by atoms with Crippen LogP contribution in [0.4, 0.5) is 5.69 Å². The Morgan fingerprint density at radius 2 is 2.17 bits per heavy atom. The molecule has 0 aliphatic carbocycles. The number of nitrogens with one attached hydrogen (secondary N) is 1. The lowest BCUT2D eigenvalue weighted by Gasteiger charge is -2.24. The first-order valence-corrected chi connectivity index (χ1v) is 9.30. The van der Waals surface area contributed by atoms with Gasteiger partial charge in [-0.2, -0.15) is 0 Å². The van der Waals surface area contributed by atoms with Gasteiger partial charge in [-0.1, -0.05) is 23.8 Å². The molecular weight excluding hydrogens is 320 g/mol. The van der Waals surface area contributed by atoms with Crippen LogP contribution in [0, 0.1) is 6.92 Å². The fourth-order valence-corrected chi connectivity index (χ4v) is 3.67. The summed E-state index contributed by atoms with van der Waals surface area (Å²) < 4.78 is 5.75. The van der Waals surface area contributed by atoms with Crippen LogP contribution < -0.4 is 5.32 Å². The summed E-state index contributed by atoms with van der Waals surface area (Å²) in [7, 11) is 0. The molecule has 1 aromatic carbocycles. The molecule has 4 nitrogen and oxygen atoms in total. The van der Waals surface area contributed by atoms with Gasteiger partial charge in [-0.25, -0.2) is 0 Å². The molecule has 1 atom stereocenters. The molecule has 3 rings (SSSR count). The number of carbonyl (C=O) groups is 1. The van der Waals surface area contributed by atoms with Gasteiger partial charge in [0.1, 0.15) is 0 Å². The van der Waals surface area contributed by atoms with Crippen LogP contribution in [0.2, 0.25) is 0 Å². The van der Waals surface area contributed by atoms with Crippen molar-refractivity contribution in [3.05, 3.63) is 52.2 Å². The highest BCUT2D eigenvalue weighted by Crippen LogP contribution is 2.17. The van der Waals surface area contributed by atoms with E-state index in [4.69, 9.17) is 4.74 Å².